The molecule has 0 radical (unpaired) electrons. The molecule has 0 aliphatic heterocycles. The predicted molar refractivity (Wildman–Crippen MR) is 96.5 cm³/mol. The quantitative estimate of drug-likeness (QED) is 0.642. The molecule has 3 N–H and O–H groups in total. The lowest BCUT2D eigenvalue weighted by Gasteiger charge is -2.06. The first-order valence-electron chi connectivity index (χ1n) is 7.14. The van der Waals surface area contributed by atoms with E-state index in [-0.39, 0.29) is 11.8 Å². The Bertz CT molecular complexity index is 849. The maximum absolute atomic E-state index is 11.9. The summed E-state index contributed by atoms with van der Waals surface area (Å²) in [5.74, 6) is 0.216. The minimum atomic E-state index is -0.321. The minimum Gasteiger partial charge on any atom is -0.508 e. The molecule has 122 valence electrons. The number of nitrogens with zero attached hydrogens (tertiary/aromatic N) is 1. The fourth-order valence-corrected chi connectivity index (χ4v) is 2.99. The number of phenolic OH excluding ortho intramolecular Hbond substituents is 1. The van der Waals surface area contributed by atoms with Crippen molar-refractivity contribution in [1.82, 2.24) is 10.3 Å². The SMILES string of the molecule is O=C(NCc1nc(-c2ccc(O)cc2)cs1)Nc1cccc(Cl)c1. The van der Waals surface area contributed by atoms with Gasteiger partial charge in [0.15, 0.2) is 0 Å². The van der Waals surface area contributed by atoms with E-state index in [4.69, 9.17) is 11.6 Å². The zero-order valence-corrected chi connectivity index (χ0v) is 14.1. The third kappa shape index (κ3) is 4.24. The van der Waals surface area contributed by atoms with Gasteiger partial charge in [0, 0.05) is 21.7 Å². The maximum Gasteiger partial charge on any atom is 0.319 e. The third-order valence-corrected chi connectivity index (χ3v) is 4.28. The van der Waals surface area contributed by atoms with Crippen LogP contribution in [0.5, 0.6) is 5.75 Å². The van der Waals surface area contributed by atoms with Crippen LogP contribution in [0.3, 0.4) is 0 Å². The van der Waals surface area contributed by atoms with Gasteiger partial charge in [0.1, 0.15) is 10.8 Å². The second-order valence-corrected chi connectivity index (χ2v) is 6.37. The topological polar surface area (TPSA) is 74.2 Å². The number of rotatable bonds is 4. The standard InChI is InChI=1S/C17H14ClN3O2S/c18-12-2-1-3-13(8-12)20-17(23)19-9-16-21-15(10-24-16)11-4-6-14(22)7-5-11/h1-8,10,22H,9H2,(H2,19,20,23). The number of aromatic nitrogens is 1. The molecule has 0 aliphatic carbocycles. The zero-order valence-electron chi connectivity index (χ0n) is 12.5. The second kappa shape index (κ2) is 7.33. The van der Waals surface area contributed by atoms with E-state index in [1.54, 1.807) is 48.5 Å². The predicted octanol–water partition coefficient (Wildman–Crippen LogP) is 4.49. The molecule has 0 unspecified atom stereocenters. The smallest absolute Gasteiger partial charge is 0.319 e. The number of urea groups is 1. The fraction of sp³-hybridized carbons (Fsp3) is 0.0588. The molecule has 3 rings (SSSR count). The summed E-state index contributed by atoms with van der Waals surface area (Å²) in [5.41, 5.74) is 2.36. The first-order valence-corrected chi connectivity index (χ1v) is 8.40. The van der Waals surface area contributed by atoms with Crippen LogP contribution >= 0.6 is 22.9 Å². The second-order valence-electron chi connectivity index (χ2n) is 4.99. The summed E-state index contributed by atoms with van der Waals surface area (Å²) in [5, 5.41) is 18.0. The van der Waals surface area contributed by atoms with E-state index in [2.05, 4.69) is 15.6 Å². The van der Waals surface area contributed by atoms with Gasteiger partial charge in [0.2, 0.25) is 0 Å². The first kappa shape index (κ1) is 16.3. The molecule has 3 aromatic rings. The Morgan fingerprint density at radius 1 is 1.21 bits per heavy atom. The number of halogens is 1. The van der Waals surface area contributed by atoms with Crippen LogP contribution < -0.4 is 10.6 Å². The van der Waals surface area contributed by atoms with Crippen molar-refractivity contribution in [3.8, 4) is 17.0 Å². The highest BCUT2D eigenvalue weighted by atomic mass is 35.5. The lowest BCUT2D eigenvalue weighted by Crippen LogP contribution is -2.28. The number of nitrogens with one attached hydrogen (secondary N) is 2. The first-order chi connectivity index (χ1) is 11.6. The maximum atomic E-state index is 11.9. The molecule has 24 heavy (non-hydrogen) atoms. The van der Waals surface area contributed by atoms with Crippen molar-refractivity contribution in [2.24, 2.45) is 0 Å². The number of anilines is 1. The molecule has 1 heterocycles. The van der Waals surface area contributed by atoms with Crippen LogP contribution in [0.1, 0.15) is 5.01 Å². The summed E-state index contributed by atoms with van der Waals surface area (Å²) >= 11 is 7.34. The molecule has 0 spiro atoms. The average molecular weight is 360 g/mol. The van der Waals surface area contributed by atoms with Crippen LogP contribution in [0.4, 0.5) is 10.5 Å². The van der Waals surface area contributed by atoms with Gasteiger partial charge in [-0.3, -0.25) is 0 Å². The Labute approximate surface area is 147 Å². The number of carbonyl (C=O) groups is 1. The molecule has 0 saturated heterocycles. The molecule has 2 aromatic carbocycles. The fourth-order valence-electron chi connectivity index (χ4n) is 2.05. The van der Waals surface area contributed by atoms with Crippen LogP contribution in [-0.2, 0) is 6.54 Å². The van der Waals surface area contributed by atoms with Gasteiger partial charge >= 0.3 is 6.03 Å². The number of carbonyl (C=O) groups excluding carboxylic acids is 1. The van der Waals surface area contributed by atoms with E-state index < -0.39 is 0 Å². The van der Waals surface area contributed by atoms with E-state index >= 15 is 0 Å². The Balaban J connectivity index is 1.57. The minimum absolute atomic E-state index is 0.216. The van der Waals surface area contributed by atoms with Gasteiger partial charge in [-0.15, -0.1) is 11.3 Å². The molecule has 0 fully saturated rings. The summed E-state index contributed by atoms with van der Waals surface area (Å²) in [6.07, 6.45) is 0. The van der Waals surface area contributed by atoms with E-state index in [0.29, 0.717) is 17.3 Å². The van der Waals surface area contributed by atoms with Crippen LogP contribution in [0, 0.1) is 0 Å². The molecule has 0 saturated carbocycles. The van der Waals surface area contributed by atoms with Crippen molar-refractivity contribution < 1.29 is 9.90 Å². The van der Waals surface area contributed by atoms with Crippen molar-refractivity contribution in [1.29, 1.82) is 0 Å². The molecular formula is C17H14ClN3O2S. The molecular weight excluding hydrogens is 346 g/mol. The van der Waals surface area contributed by atoms with Crippen molar-refractivity contribution in [2.45, 2.75) is 6.54 Å². The van der Waals surface area contributed by atoms with Crippen LogP contribution in [0.2, 0.25) is 5.02 Å². The van der Waals surface area contributed by atoms with E-state index in [1.807, 2.05) is 5.38 Å². The molecule has 2 amide bonds. The zero-order chi connectivity index (χ0) is 16.9. The highest BCUT2D eigenvalue weighted by molar-refractivity contribution is 7.09. The normalized spacial score (nSPS) is 10.4. The van der Waals surface area contributed by atoms with Crippen molar-refractivity contribution in [2.75, 3.05) is 5.32 Å². The number of hydrogen-bond acceptors (Lipinski definition) is 4. The summed E-state index contributed by atoms with van der Waals surface area (Å²) < 4.78 is 0. The molecule has 0 bridgehead atoms. The number of benzene rings is 2. The molecule has 1 aromatic heterocycles. The molecule has 7 heteroatoms. The van der Waals surface area contributed by atoms with E-state index in [0.717, 1.165) is 16.3 Å². The Kier molecular flexibility index (Phi) is 4.98. The van der Waals surface area contributed by atoms with Crippen LogP contribution in [-0.4, -0.2) is 16.1 Å². The van der Waals surface area contributed by atoms with Crippen molar-refractivity contribution >= 4 is 34.7 Å². The van der Waals surface area contributed by atoms with E-state index in [1.165, 1.54) is 11.3 Å². The Morgan fingerprint density at radius 3 is 2.75 bits per heavy atom. The molecule has 0 aliphatic rings. The lowest BCUT2D eigenvalue weighted by atomic mass is 10.2. The van der Waals surface area contributed by atoms with E-state index in [9.17, 15) is 9.90 Å². The summed E-state index contributed by atoms with van der Waals surface area (Å²) in [4.78, 5) is 16.4. The summed E-state index contributed by atoms with van der Waals surface area (Å²) in [7, 11) is 0. The van der Waals surface area contributed by atoms with Gasteiger partial charge in [0.05, 0.1) is 12.2 Å². The van der Waals surface area contributed by atoms with Crippen molar-refractivity contribution in [3.63, 3.8) is 0 Å². The average Bonchev–Trinajstić information content (AvgIpc) is 3.03. The number of thiazole rings is 1. The van der Waals surface area contributed by atoms with Gasteiger partial charge in [-0.25, -0.2) is 9.78 Å². The van der Waals surface area contributed by atoms with Crippen LogP contribution in [0.15, 0.2) is 53.9 Å². The summed E-state index contributed by atoms with van der Waals surface area (Å²) in [6, 6.07) is 13.5. The van der Waals surface area contributed by atoms with Gasteiger partial charge in [-0.1, -0.05) is 17.7 Å². The van der Waals surface area contributed by atoms with Gasteiger partial charge < -0.3 is 15.7 Å². The van der Waals surface area contributed by atoms with Crippen molar-refractivity contribution in [3.05, 3.63) is 63.9 Å². The number of aromatic hydroxyl groups is 1. The highest BCUT2D eigenvalue weighted by Gasteiger charge is 2.07. The Morgan fingerprint density at radius 2 is 2.00 bits per heavy atom. The molecule has 5 nitrogen and oxygen atoms in total. The van der Waals surface area contributed by atoms with Gasteiger partial charge in [-0.2, -0.15) is 0 Å². The van der Waals surface area contributed by atoms with Crippen LogP contribution in [0.25, 0.3) is 11.3 Å². The number of amides is 2. The monoisotopic (exact) mass is 359 g/mol. The number of hydrogen-bond donors (Lipinski definition) is 3. The summed E-state index contributed by atoms with van der Waals surface area (Å²) in [6.45, 7) is 0.329. The molecule has 0 atom stereocenters. The highest BCUT2D eigenvalue weighted by Crippen LogP contribution is 2.23. The Hall–Kier alpha value is -2.57. The van der Waals surface area contributed by atoms with Gasteiger partial charge in [0.25, 0.3) is 0 Å². The lowest BCUT2D eigenvalue weighted by molar-refractivity contribution is 0.251. The number of phenols is 1. The third-order valence-electron chi connectivity index (χ3n) is 3.20. The van der Waals surface area contributed by atoms with Gasteiger partial charge in [-0.05, 0) is 42.5 Å². The largest absolute Gasteiger partial charge is 0.508 e.